The molecule has 1 rings (SSSR count). The lowest BCUT2D eigenvalue weighted by Gasteiger charge is -2.23. The van der Waals surface area contributed by atoms with Crippen molar-refractivity contribution in [3.63, 3.8) is 0 Å². The fourth-order valence-electron chi connectivity index (χ4n) is 1.60. The third kappa shape index (κ3) is 3.21. The fourth-order valence-corrected chi connectivity index (χ4v) is 1.60. The number of rotatable bonds is 7. The molecule has 1 aromatic heterocycles. The van der Waals surface area contributed by atoms with Gasteiger partial charge in [-0.25, -0.2) is 4.98 Å². The Morgan fingerprint density at radius 1 is 1.38 bits per heavy atom. The van der Waals surface area contributed by atoms with Crippen LogP contribution in [0.3, 0.4) is 0 Å². The van der Waals surface area contributed by atoms with Crippen molar-refractivity contribution in [1.29, 1.82) is 0 Å². The molecule has 0 spiro atoms. The second-order valence-electron chi connectivity index (χ2n) is 3.50. The highest BCUT2D eigenvalue weighted by atomic mass is 15.2. The predicted molar refractivity (Wildman–Crippen MR) is 69.6 cm³/mol. The summed E-state index contributed by atoms with van der Waals surface area (Å²) in [6.07, 6.45) is 5.57. The molecule has 0 aliphatic carbocycles. The molecule has 0 aliphatic heterocycles. The van der Waals surface area contributed by atoms with Crippen molar-refractivity contribution in [2.45, 2.75) is 6.54 Å². The first-order valence-corrected chi connectivity index (χ1v) is 5.38. The minimum absolute atomic E-state index is 0.778. The first kappa shape index (κ1) is 12.5. The van der Waals surface area contributed by atoms with Gasteiger partial charge in [0.2, 0.25) is 0 Å². The summed E-state index contributed by atoms with van der Waals surface area (Å²) < 4.78 is 0. The Labute approximate surface area is 97.5 Å². The van der Waals surface area contributed by atoms with Gasteiger partial charge in [-0.1, -0.05) is 18.2 Å². The summed E-state index contributed by atoms with van der Waals surface area (Å²) in [6.45, 7) is 9.90. The topological polar surface area (TPSA) is 28.2 Å². The number of anilines is 1. The van der Waals surface area contributed by atoms with Crippen LogP contribution in [-0.2, 0) is 6.54 Å². The molecule has 0 aliphatic rings. The molecule has 1 N–H and O–H groups in total. The Kier molecular flexibility index (Phi) is 5.29. The van der Waals surface area contributed by atoms with Crippen molar-refractivity contribution in [1.82, 2.24) is 10.3 Å². The normalized spacial score (nSPS) is 9.81. The van der Waals surface area contributed by atoms with E-state index in [-0.39, 0.29) is 0 Å². The number of hydrogen-bond acceptors (Lipinski definition) is 3. The minimum atomic E-state index is 0.778. The molecule has 0 amide bonds. The smallest absolute Gasteiger partial charge is 0.133 e. The molecule has 1 aromatic rings. The van der Waals surface area contributed by atoms with E-state index in [1.807, 2.05) is 31.5 Å². The van der Waals surface area contributed by atoms with Gasteiger partial charge in [0.15, 0.2) is 0 Å². The summed E-state index contributed by atoms with van der Waals surface area (Å²) in [7, 11) is 1.93. The number of hydrogen-bond donors (Lipinski definition) is 1. The van der Waals surface area contributed by atoms with Gasteiger partial charge in [-0.05, 0) is 13.1 Å². The summed E-state index contributed by atoms with van der Waals surface area (Å²) in [4.78, 5) is 6.57. The molecule has 86 valence electrons. The van der Waals surface area contributed by atoms with E-state index in [9.17, 15) is 0 Å². The molecule has 1 heterocycles. The summed E-state index contributed by atoms with van der Waals surface area (Å²) in [5.41, 5.74) is 1.19. The van der Waals surface area contributed by atoms with Gasteiger partial charge in [0.05, 0.1) is 0 Å². The van der Waals surface area contributed by atoms with Crippen molar-refractivity contribution in [2.24, 2.45) is 0 Å². The summed E-state index contributed by atoms with van der Waals surface area (Å²) in [5, 5.41) is 3.15. The second kappa shape index (κ2) is 6.80. The molecule has 0 atom stereocenters. The molecule has 0 aromatic carbocycles. The maximum absolute atomic E-state index is 4.43. The van der Waals surface area contributed by atoms with E-state index in [0.29, 0.717) is 0 Å². The van der Waals surface area contributed by atoms with Crippen molar-refractivity contribution in [2.75, 3.05) is 25.0 Å². The number of pyridine rings is 1. The maximum atomic E-state index is 4.43. The zero-order valence-electron chi connectivity index (χ0n) is 9.82. The van der Waals surface area contributed by atoms with Crippen LogP contribution in [0.25, 0.3) is 0 Å². The van der Waals surface area contributed by atoms with Crippen LogP contribution in [0.5, 0.6) is 0 Å². The van der Waals surface area contributed by atoms with E-state index >= 15 is 0 Å². The van der Waals surface area contributed by atoms with E-state index < -0.39 is 0 Å². The lowest BCUT2D eigenvalue weighted by atomic mass is 10.2. The molecule has 0 saturated heterocycles. The van der Waals surface area contributed by atoms with Gasteiger partial charge in [0.25, 0.3) is 0 Å². The Morgan fingerprint density at radius 2 is 2.06 bits per heavy atom. The molecular weight excluding hydrogens is 198 g/mol. The molecular formula is C13H19N3. The second-order valence-corrected chi connectivity index (χ2v) is 3.50. The van der Waals surface area contributed by atoms with Crippen LogP contribution in [0.4, 0.5) is 5.82 Å². The Bertz CT molecular complexity index is 337. The zero-order valence-corrected chi connectivity index (χ0v) is 9.82. The van der Waals surface area contributed by atoms with Crippen molar-refractivity contribution < 1.29 is 0 Å². The van der Waals surface area contributed by atoms with Gasteiger partial charge in [-0.2, -0.15) is 0 Å². The van der Waals surface area contributed by atoms with Crippen LogP contribution in [0.15, 0.2) is 43.6 Å². The predicted octanol–water partition coefficient (Wildman–Crippen LogP) is 1.98. The zero-order chi connectivity index (χ0) is 11.8. The van der Waals surface area contributed by atoms with E-state index in [4.69, 9.17) is 0 Å². The first-order chi connectivity index (χ1) is 7.83. The summed E-state index contributed by atoms with van der Waals surface area (Å²) >= 11 is 0. The van der Waals surface area contributed by atoms with E-state index in [1.54, 1.807) is 0 Å². The van der Waals surface area contributed by atoms with Crippen LogP contribution in [0, 0.1) is 0 Å². The molecule has 3 nitrogen and oxygen atoms in total. The third-order valence-corrected chi connectivity index (χ3v) is 2.23. The standard InChI is InChI=1S/C13H19N3/c1-4-9-16(10-5-2)13-12(11-14-3)7-6-8-15-13/h4-8,14H,1-2,9-11H2,3H3. The fraction of sp³-hybridized carbons (Fsp3) is 0.308. The van der Waals surface area contributed by atoms with Crippen LogP contribution in [0.1, 0.15) is 5.56 Å². The number of aromatic nitrogens is 1. The highest BCUT2D eigenvalue weighted by Gasteiger charge is 2.08. The average Bonchev–Trinajstić information content (AvgIpc) is 2.30. The average molecular weight is 217 g/mol. The largest absolute Gasteiger partial charge is 0.349 e. The lowest BCUT2D eigenvalue weighted by molar-refractivity contribution is 0.799. The van der Waals surface area contributed by atoms with Gasteiger partial charge in [-0.15, -0.1) is 13.2 Å². The van der Waals surface area contributed by atoms with Gasteiger partial charge in [0.1, 0.15) is 5.82 Å². The lowest BCUT2D eigenvalue weighted by Crippen LogP contribution is -2.26. The quantitative estimate of drug-likeness (QED) is 0.708. The van der Waals surface area contributed by atoms with E-state index in [1.165, 1.54) is 5.56 Å². The SMILES string of the molecule is C=CCN(CC=C)c1ncccc1CNC. The van der Waals surface area contributed by atoms with Crippen molar-refractivity contribution >= 4 is 5.82 Å². The van der Waals surface area contributed by atoms with Crippen LogP contribution >= 0.6 is 0 Å². The summed E-state index contributed by atoms with van der Waals surface area (Å²) in [6, 6.07) is 4.04. The number of nitrogens with one attached hydrogen (secondary N) is 1. The monoisotopic (exact) mass is 217 g/mol. The Balaban J connectivity index is 2.96. The third-order valence-electron chi connectivity index (χ3n) is 2.23. The van der Waals surface area contributed by atoms with Crippen LogP contribution < -0.4 is 10.2 Å². The molecule has 0 radical (unpaired) electrons. The highest BCUT2D eigenvalue weighted by molar-refractivity contribution is 5.47. The highest BCUT2D eigenvalue weighted by Crippen LogP contribution is 2.16. The van der Waals surface area contributed by atoms with Gasteiger partial charge < -0.3 is 10.2 Å². The van der Waals surface area contributed by atoms with Gasteiger partial charge in [-0.3, -0.25) is 0 Å². The molecule has 0 saturated carbocycles. The van der Waals surface area contributed by atoms with Crippen LogP contribution in [-0.4, -0.2) is 25.1 Å². The van der Waals surface area contributed by atoms with Crippen molar-refractivity contribution in [3.8, 4) is 0 Å². The Morgan fingerprint density at radius 3 is 2.62 bits per heavy atom. The molecule has 16 heavy (non-hydrogen) atoms. The summed E-state index contributed by atoms with van der Waals surface area (Å²) in [5.74, 6) is 0.997. The van der Waals surface area contributed by atoms with E-state index in [0.717, 1.165) is 25.5 Å². The first-order valence-electron chi connectivity index (χ1n) is 5.38. The maximum Gasteiger partial charge on any atom is 0.133 e. The molecule has 0 bridgehead atoms. The van der Waals surface area contributed by atoms with Gasteiger partial charge >= 0.3 is 0 Å². The molecule has 3 heteroatoms. The van der Waals surface area contributed by atoms with Gasteiger partial charge in [0, 0.05) is 31.4 Å². The Hall–Kier alpha value is -1.61. The molecule has 0 fully saturated rings. The van der Waals surface area contributed by atoms with Crippen LogP contribution in [0.2, 0.25) is 0 Å². The molecule has 0 unspecified atom stereocenters. The number of nitrogens with zero attached hydrogens (tertiary/aromatic N) is 2. The van der Waals surface area contributed by atoms with E-state index in [2.05, 4.69) is 34.4 Å². The minimum Gasteiger partial charge on any atom is -0.349 e. The van der Waals surface area contributed by atoms with Crippen molar-refractivity contribution in [3.05, 3.63) is 49.2 Å².